The molecule has 0 aliphatic heterocycles. The highest BCUT2D eigenvalue weighted by molar-refractivity contribution is 7.18. The zero-order valence-corrected chi connectivity index (χ0v) is 17.9. The molecular formula is C19H19Cl2NO5S. The lowest BCUT2D eigenvalue weighted by Crippen LogP contribution is -2.16. The van der Waals surface area contributed by atoms with Gasteiger partial charge in [-0.1, -0.05) is 29.3 Å². The van der Waals surface area contributed by atoms with E-state index in [4.69, 9.17) is 32.7 Å². The molecule has 1 aromatic carbocycles. The number of amides is 1. The zero-order valence-electron chi connectivity index (χ0n) is 15.6. The van der Waals surface area contributed by atoms with Gasteiger partial charge in [0.15, 0.2) is 0 Å². The van der Waals surface area contributed by atoms with Crippen molar-refractivity contribution in [2.75, 3.05) is 18.5 Å². The Bertz CT molecular complexity index is 910. The number of nitrogens with one attached hydrogen (secondary N) is 1. The number of anilines is 1. The minimum Gasteiger partial charge on any atom is -0.462 e. The first-order chi connectivity index (χ1) is 13.3. The van der Waals surface area contributed by atoms with Gasteiger partial charge in [0.2, 0.25) is 5.91 Å². The SMILES string of the molecule is CCOC(=O)c1sc(NC(=O)Cc2ccc(Cl)cc2Cl)c(C(=O)OCC)c1C. The quantitative estimate of drug-likeness (QED) is 0.615. The van der Waals surface area contributed by atoms with Gasteiger partial charge >= 0.3 is 11.9 Å². The van der Waals surface area contributed by atoms with Crippen molar-refractivity contribution >= 4 is 57.4 Å². The van der Waals surface area contributed by atoms with E-state index in [0.717, 1.165) is 11.3 Å². The smallest absolute Gasteiger partial charge is 0.348 e. The van der Waals surface area contributed by atoms with Gasteiger partial charge in [0.1, 0.15) is 9.88 Å². The maximum atomic E-state index is 12.5. The van der Waals surface area contributed by atoms with Crippen LogP contribution in [-0.4, -0.2) is 31.1 Å². The second kappa shape index (κ2) is 9.91. The first-order valence-corrected chi connectivity index (χ1v) is 10.1. The normalized spacial score (nSPS) is 10.5. The van der Waals surface area contributed by atoms with Crippen molar-refractivity contribution in [2.45, 2.75) is 27.2 Å². The van der Waals surface area contributed by atoms with Gasteiger partial charge in [-0.25, -0.2) is 9.59 Å². The molecule has 0 bridgehead atoms. The molecule has 0 aliphatic rings. The molecule has 0 saturated heterocycles. The Labute approximate surface area is 176 Å². The standard InChI is InChI=1S/C19H19Cl2NO5S/c1-4-26-18(24)15-10(3)16(19(25)27-5-2)28-17(15)22-14(23)8-11-6-7-12(20)9-13(11)21/h6-7,9H,4-5,8H2,1-3H3,(H,22,23). The van der Waals surface area contributed by atoms with E-state index in [2.05, 4.69) is 5.32 Å². The van der Waals surface area contributed by atoms with Crippen molar-refractivity contribution < 1.29 is 23.9 Å². The predicted molar refractivity (Wildman–Crippen MR) is 110 cm³/mol. The van der Waals surface area contributed by atoms with Crippen LogP contribution in [0.3, 0.4) is 0 Å². The largest absolute Gasteiger partial charge is 0.462 e. The second-order valence-electron chi connectivity index (χ2n) is 5.66. The summed E-state index contributed by atoms with van der Waals surface area (Å²) in [6.07, 6.45) is -0.0239. The Morgan fingerprint density at radius 2 is 1.71 bits per heavy atom. The van der Waals surface area contributed by atoms with Crippen LogP contribution in [0.5, 0.6) is 0 Å². The Kier molecular flexibility index (Phi) is 7.86. The van der Waals surface area contributed by atoms with Crippen LogP contribution < -0.4 is 5.32 Å². The maximum absolute atomic E-state index is 12.5. The van der Waals surface area contributed by atoms with Crippen molar-refractivity contribution in [3.8, 4) is 0 Å². The third-order valence-corrected chi connectivity index (χ3v) is 5.48. The Hall–Kier alpha value is -2.09. The minimum atomic E-state index is -0.619. The third-order valence-electron chi connectivity index (χ3n) is 3.71. The molecule has 0 unspecified atom stereocenters. The number of ether oxygens (including phenoxy) is 2. The number of carbonyl (C=O) groups excluding carboxylic acids is 3. The fourth-order valence-electron chi connectivity index (χ4n) is 2.45. The molecule has 28 heavy (non-hydrogen) atoms. The predicted octanol–water partition coefficient (Wildman–Crippen LogP) is 4.90. The van der Waals surface area contributed by atoms with Gasteiger partial charge in [0.05, 0.1) is 25.2 Å². The van der Waals surface area contributed by atoms with Crippen LogP contribution in [0.4, 0.5) is 5.00 Å². The number of carbonyl (C=O) groups is 3. The Balaban J connectivity index is 2.31. The van der Waals surface area contributed by atoms with E-state index in [1.165, 1.54) is 0 Å². The summed E-state index contributed by atoms with van der Waals surface area (Å²) in [6, 6.07) is 4.83. The maximum Gasteiger partial charge on any atom is 0.348 e. The Morgan fingerprint density at radius 3 is 2.32 bits per heavy atom. The highest BCUT2D eigenvalue weighted by atomic mass is 35.5. The van der Waals surface area contributed by atoms with Crippen LogP contribution in [0.2, 0.25) is 10.0 Å². The molecule has 0 aliphatic carbocycles. The minimum absolute atomic E-state index is 0.0239. The number of halogens is 2. The van der Waals surface area contributed by atoms with Gasteiger partial charge in [0, 0.05) is 10.0 Å². The number of hydrogen-bond donors (Lipinski definition) is 1. The van der Waals surface area contributed by atoms with Crippen molar-refractivity contribution in [1.29, 1.82) is 0 Å². The highest BCUT2D eigenvalue weighted by Gasteiger charge is 2.27. The van der Waals surface area contributed by atoms with Crippen LogP contribution in [0.15, 0.2) is 18.2 Å². The summed E-state index contributed by atoms with van der Waals surface area (Å²) in [5.41, 5.74) is 1.13. The number of thiophene rings is 1. The third kappa shape index (κ3) is 5.25. The van der Waals surface area contributed by atoms with Gasteiger partial charge in [-0.05, 0) is 44.0 Å². The molecule has 2 aromatic rings. The lowest BCUT2D eigenvalue weighted by molar-refractivity contribution is -0.115. The summed E-state index contributed by atoms with van der Waals surface area (Å²) in [5.74, 6) is -1.57. The van der Waals surface area contributed by atoms with Gasteiger partial charge in [-0.15, -0.1) is 11.3 Å². The van der Waals surface area contributed by atoms with E-state index in [0.29, 0.717) is 21.2 Å². The van der Waals surface area contributed by atoms with Gasteiger partial charge < -0.3 is 14.8 Å². The summed E-state index contributed by atoms with van der Waals surface area (Å²) in [6.45, 7) is 5.33. The number of hydrogen-bond acceptors (Lipinski definition) is 6. The van der Waals surface area contributed by atoms with E-state index in [1.54, 1.807) is 39.0 Å². The molecule has 9 heteroatoms. The summed E-state index contributed by atoms with van der Waals surface area (Å²) < 4.78 is 10.1. The molecule has 1 heterocycles. The van der Waals surface area contributed by atoms with Crippen LogP contribution in [0, 0.1) is 6.92 Å². The summed E-state index contributed by atoms with van der Waals surface area (Å²) in [7, 11) is 0. The second-order valence-corrected chi connectivity index (χ2v) is 7.53. The van der Waals surface area contributed by atoms with Crippen molar-refractivity contribution in [3.05, 3.63) is 49.8 Å². The molecule has 0 spiro atoms. The lowest BCUT2D eigenvalue weighted by atomic mass is 10.1. The molecule has 1 aromatic heterocycles. The van der Waals surface area contributed by atoms with Crippen molar-refractivity contribution in [1.82, 2.24) is 0 Å². The zero-order chi connectivity index (χ0) is 20.8. The Morgan fingerprint density at radius 1 is 1.07 bits per heavy atom. The van der Waals surface area contributed by atoms with E-state index < -0.39 is 17.8 Å². The van der Waals surface area contributed by atoms with Crippen LogP contribution in [-0.2, 0) is 20.7 Å². The van der Waals surface area contributed by atoms with Crippen molar-refractivity contribution in [2.24, 2.45) is 0 Å². The summed E-state index contributed by atoms with van der Waals surface area (Å²) in [4.78, 5) is 37.3. The van der Waals surface area contributed by atoms with Gasteiger partial charge in [-0.3, -0.25) is 4.79 Å². The van der Waals surface area contributed by atoms with E-state index in [1.807, 2.05) is 0 Å². The van der Waals surface area contributed by atoms with Gasteiger partial charge in [-0.2, -0.15) is 0 Å². The molecule has 1 amide bonds. The van der Waals surface area contributed by atoms with Crippen LogP contribution in [0.1, 0.15) is 45.0 Å². The van der Waals surface area contributed by atoms with Gasteiger partial charge in [0.25, 0.3) is 0 Å². The molecule has 2 rings (SSSR count). The summed E-state index contributed by atoms with van der Waals surface area (Å²) >= 11 is 12.9. The molecule has 0 fully saturated rings. The van der Waals surface area contributed by atoms with E-state index in [9.17, 15) is 14.4 Å². The average Bonchev–Trinajstić information content (AvgIpc) is 2.94. The topological polar surface area (TPSA) is 81.7 Å². The lowest BCUT2D eigenvalue weighted by Gasteiger charge is -2.08. The van der Waals surface area contributed by atoms with Crippen LogP contribution >= 0.6 is 34.5 Å². The first kappa shape index (κ1) is 22.2. The van der Waals surface area contributed by atoms with Crippen molar-refractivity contribution in [3.63, 3.8) is 0 Å². The van der Waals surface area contributed by atoms with E-state index in [-0.39, 0.29) is 35.1 Å². The molecular weight excluding hydrogens is 425 g/mol. The average molecular weight is 444 g/mol. The molecule has 6 nitrogen and oxygen atoms in total. The molecule has 0 saturated carbocycles. The fourth-order valence-corrected chi connectivity index (χ4v) is 4.03. The molecule has 150 valence electrons. The number of rotatable bonds is 7. The number of benzene rings is 1. The molecule has 1 N–H and O–H groups in total. The van der Waals surface area contributed by atoms with E-state index >= 15 is 0 Å². The molecule has 0 radical (unpaired) electrons. The monoisotopic (exact) mass is 443 g/mol. The molecule has 0 atom stereocenters. The highest BCUT2D eigenvalue weighted by Crippen LogP contribution is 2.34. The number of esters is 2. The van der Waals surface area contributed by atoms with Crippen LogP contribution in [0.25, 0.3) is 0 Å². The first-order valence-electron chi connectivity index (χ1n) is 8.49. The summed E-state index contributed by atoms with van der Waals surface area (Å²) in [5, 5.41) is 3.74. The fraction of sp³-hybridized carbons (Fsp3) is 0.316.